The zero-order chi connectivity index (χ0) is 9.42. The van der Waals surface area contributed by atoms with E-state index in [9.17, 15) is 9.50 Å². The summed E-state index contributed by atoms with van der Waals surface area (Å²) in [5.41, 5.74) is 0.800. The molecule has 4 heteroatoms. The van der Waals surface area contributed by atoms with Gasteiger partial charge in [-0.25, -0.2) is 4.39 Å². The van der Waals surface area contributed by atoms with Gasteiger partial charge in [-0.2, -0.15) is 0 Å². The molecule has 13 heavy (non-hydrogen) atoms. The van der Waals surface area contributed by atoms with Crippen LogP contribution in [0.1, 0.15) is 5.56 Å². The van der Waals surface area contributed by atoms with Crippen molar-refractivity contribution < 1.29 is 9.50 Å². The molecule has 0 aliphatic carbocycles. The highest BCUT2D eigenvalue weighted by atomic mass is 35.5. The van der Waals surface area contributed by atoms with Crippen LogP contribution in [-0.4, -0.2) is 5.11 Å². The largest absolute Gasteiger partial charge is 0.507 e. The molecule has 1 aromatic heterocycles. The van der Waals surface area contributed by atoms with Crippen LogP contribution in [0.2, 0.25) is 0 Å². The van der Waals surface area contributed by atoms with Gasteiger partial charge in [0.2, 0.25) is 0 Å². The summed E-state index contributed by atoms with van der Waals surface area (Å²) in [6.45, 7) is 0. The second-order valence-corrected chi connectivity index (χ2v) is 3.88. The third-order valence-electron chi connectivity index (χ3n) is 1.82. The predicted molar refractivity (Wildman–Crippen MR) is 53.0 cm³/mol. The maximum atomic E-state index is 13.1. The van der Waals surface area contributed by atoms with Crippen molar-refractivity contribution in [2.45, 2.75) is 5.88 Å². The molecule has 0 saturated heterocycles. The van der Waals surface area contributed by atoms with Crippen LogP contribution in [-0.2, 0) is 5.88 Å². The van der Waals surface area contributed by atoms with Crippen molar-refractivity contribution in [1.29, 1.82) is 0 Å². The molecule has 0 atom stereocenters. The maximum Gasteiger partial charge on any atom is 0.145 e. The Hall–Kier alpha value is -0.800. The summed E-state index contributed by atoms with van der Waals surface area (Å²) in [6.07, 6.45) is 0. The number of halogens is 2. The van der Waals surface area contributed by atoms with Gasteiger partial charge in [0.25, 0.3) is 0 Å². The van der Waals surface area contributed by atoms with E-state index in [0.717, 1.165) is 10.3 Å². The van der Waals surface area contributed by atoms with Crippen LogP contribution < -0.4 is 0 Å². The Morgan fingerprint density at radius 3 is 2.92 bits per heavy atom. The van der Waals surface area contributed by atoms with Crippen LogP contribution >= 0.6 is 22.9 Å². The first-order valence-electron chi connectivity index (χ1n) is 3.67. The molecular formula is C9H6ClFOS. The van der Waals surface area contributed by atoms with Crippen molar-refractivity contribution >= 4 is 33.0 Å². The van der Waals surface area contributed by atoms with Crippen molar-refractivity contribution in [3.05, 3.63) is 28.9 Å². The van der Waals surface area contributed by atoms with Gasteiger partial charge in [0, 0.05) is 16.0 Å². The third kappa shape index (κ3) is 1.38. The van der Waals surface area contributed by atoms with E-state index in [1.807, 2.05) is 0 Å². The molecule has 1 heterocycles. The van der Waals surface area contributed by atoms with Crippen molar-refractivity contribution in [1.82, 2.24) is 0 Å². The average Bonchev–Trinajstić information content (AvgIpc) is 2.48. The van der Waals surface area contributed by atoms with Crippen molar-refractivity contribution in [3.63, 3.8) is 0 Å². The molecule has 1 aromatic carbocycles. The Labute approximate surface area is 83.4 Å². The molecule has 0 spiro atoms. The number of rotatable bonds is 1. The molecule has 2 rings (SSSR count). The molecule has 0 aliphatic rings. The second-order valence-electron chi connectivity index (χ2n) is 2.71. The zero-order valence-electron chi connectivity index (χ0n) is 6.55. The lowest BCUT2D eigenvalue weighted by Crippen LogP contribution is -1.78. The molecule has 0 radical (unpaired) electrons. The summed E-state index contributed by atoms with van der Waals surface area (Å²) >= 11 is 6.87. The van der Waals surface area contributed by atoms with Crippen LogP contribution in [0.25, 0.3) is 10.1 Å². The van der Waals surface area contributed by atoms with Gasteiger partial charge < -0.3 is 5.11 Å². The highest BCUT2D eigenvalue weighted by Crippen LogP contribution is 2.33. The summed E-state index contributed by atoms with van der Waals surface area (Å²) in [5.74, 6) is -0.0891. The average molecular weight is 217 g/mol. The predicted octanol–water partition coefficient (Wildman–Crippen LogP) is 3.48. The van der Waals surface area contributed by atoms with Gasteiger partial charge in [-0.1, -0.05) is 0 Å². The van der Waals surface area contributed by atoms with Gasteiger partial charge in [-0.05, 0) is 17.7 Å². The van der Waals surface area contributed by atoms with Gasteiger partial charge in [0.05, 0.1) is 5.39 Å². The Morgan fingerprint density at radius 1 is 1.46 bits per heavy atom. The van der Waals surface area contributed by atoms with Crippen LogP contribution in [0.5, 0.6) is 5.75 Å². The van der Waals surface area contributed by atoms with E-state index >= 15 is 0 Å². The summed E-state index contributed by atoms with van der Waals surface area (Å²) in [5, 5.41) is 11.1. The van der Waals surface area contributed by atoms with Gasteiger partial charge in [0.1, 0.15) is 11.6 Å². The standard InChI is InChI=1S/C9H6ClFOS/c10-3-5-1-7(12)9-6(11)4-13-8(9)2-5/h1-2,4,12H,3H2. The van der Waals surface area contributed by atoms with E-state index in [0.29, 0.717) is 11.3 Å². The molecule has 0 unspecified atom stereocenters. The lowest BCUT2D eigenvalue weighted by Gasteiger charge is -1.98. The first-order chi connectivity index (χ1) is 6.22. The number of fused-ring (bicyclic) bond motifs is 1. The summed E-state index contributed by atoms with van der Waals surface area (Å²) < 4.78 is 13.8. The molecule has 1 N–H and O–H groups in total. The van der Waals surface area contributed by atoms with Crippen LogP contribution in [0, 0.1) is 5.82 Å². The Morgan fingerprint density at radius 2 is 2.23 bits per heavy atom. The number of aromatic hydroxyl groups is 1. The molecule has 0 aliphatic heterocycles. The molecule has 2 aromatic rings. The minimum Gasteiger partial charge on any atom is -0.507 e. The minimum atomic E-state index is -0.376. The summed E-state index contributed by atoms with van der Waals surface area (Å²) in [6, 6.07) is 3.28. The fourth-order valence-electron chi connectivity index (χ4n) is 1.24. The highest BCUT2D eigenvalue weighted by Gasteiger charge is 2.09. The number of alkyl halides is 1. The van der Waals surface area contributed by atoms with Crippen LogP contribution in [0.15, 0.2) is 17.5 Å². The second kappa shape index (κ2) is 3.16. The van der Waals surface area contributed by atoms with E-state index < -0.39 is 0 Å². The topological polar surface area (TPSA) is 20.2 Å². The molecule has 0 amide bonds. The van der Waals surface area contributed by atoms with Gasteiger partial charge in [-0.3, -0.25) is 0 Å². The number of hydrogen-bond acceptors (Lipinski definition) is 2. The van der Waals surface area contributed by atoms with E-state index in [4.69, 9.17) is 11.6 Å². The van der Waals surface area contributed by atoms with Crippen LogP contribution in [0.4, 0.5) is 4.39 Å². The molecule has 0 bridgehead atoms. The fourth-order valence-corrected chi connectivity index (χ4v) is 2.28. The maximum absolute atomic E-state index is 13.1. The van der Waals surface area contributed by atoms with Crippen molar-refractivity contribution in [3.8, 4) is 5.75 Å². The number of phenolic OH excluding ortho intramolecular Hbond substituents is 1. The zero-order valence-corrected chi connectivity index (χ0v) is 8.12. The van der Waals surface area contributed by atoms with Gasteiger partial charge in [-0.15, -0.1) is 22.9 Å². The van der Waals surface area contributed by atoms with Crippen LogP contribution in [0.3, 0.4) is 0 Å². The first kappa shape index (κ1) is 8.78. The number of thiophene rings is 1. The monoisotopic (exact) mass is 216 g/mol. The smallest absolute Gasteiger partial charge is 0.145 e. The summed E-state index contributed by atoms with van der Waals surface area (Å²) in [4.78, 5) is 0. The van der Waals surface area contributed by atoms with E-state index in [1.165, 1.54) is 22.8 Å². The third-order valence-corrected chi connectivity index (χ3v) is 3.03. The van der Waals surface area contributed by atoms with E-state index in [2.05, 4.69) is 0 Å². The van der Waals surface area contributed by atoms with Gasteiger partial charge in [0.15, 0.2) is 0 Å². The lowest BCUT2D eigenvalue weighted by atomic mass is 10.2. The van der Waals surface area contributed by atoms with E-state index in [1.54, 1.807) is 6.07 Å². The minimum absolute atomic E-state index is 0.0353. The molecule has 1 nitrogen and oxygen atoms in total. The number of hydrogen-bond donors (Lipinski definition) is 1. The SMILES string of the molecule is Oc1cc(CCl)cc2scc(F)c12. The molecular weight excluding hydrogens is 211 g/mol. The van der Waals surface area contributed by atoms with E-state index in [-0.39, 0.29) is 11.6 Å². The highest BCUT2D eigenvalue weighted by molar-refractivity contribution is 7.17. The Bertz CT molecular complexity index is 452. The molecule has 0 saturated carbocycles. The quantitative estimate of drug-likeness (QED) is 0.724. The van der Waals surface area contributed by atoms with Gasteiger partial charge >= 0.3 is 0 Å². The first-order valence-corrected chi connectivity index (χ1v) is 5.08. The normalized spacial score (nSPS) is 10.9. The Kier molecular flexibility index (Phi) is 2.14. The number of benzene rings is 1. The van der Waals surface area contributed by atoms with Crippen molar-refractivity contribution in [2.75, 3.05) is 0 Å². The Balaban J connectivity index is 2.79. The van der Waals surface area contributed by atoms with Crippen molar-refractivity contribution in [2.24, 2.45) is 0 Å². The number of phenols is 1. The fraction of sp³-hybridized carbons (Fsp3) is 0.111. The lowest BCUT2D eigenvalue weighted by molar-refractivity contribution is 0.478. The molecule has 68 valence electrons. The molecule has 0 fully saturated rings. The summed E-state index contributed by atoms with van der Waals surface area (Å²) in [7, 11) is 0.